The molecule has 3 aliphatic heterocycles. The fourth-order valence-corrected chi connectivity index (χ4v) is 6.59. The number of carbonyl (C=O) groups excluding carboxylic acids is 1. The minimum atomic E-state index is -2.83. The van der Waals surface area contributed by atoms with Crippen molar-refractivity contribution in [1.29, 1.82) is 0 Å². The normalized spacial score (nSPS) is 38.1. The van der Waals surface area contributed by atoms with Crippen LogP contribution in [0.25, 0.3) is 0 Å². The molecular formula is C33H57N2NaO19. The first kappa shape index (κ1) is 50.0. The Balaban J connectivity index is 0.0000105. The number of nitrogens with one attached hydrogen (secondary N) is 1. The number of amides is 1. The predicted octanol–water partition coefficient (Wildman–Crippen LogP) is -8.05. The van der Waals surface area contributed by atoms with Gasteiger partial charge in [0.15, 0.2) is 12.6 Å². The van der Waals surface area contributed by atoms with Gasteiger partial charge in [0.05, 0.1) is 25.9 Å². The zero-order valence-corrected chi connectivity index (χ0v) is 33.5. The van der Waals surface area contributed by atoms with Crippen LogP contribution in [0.5, 0.6) is 0 Å². The SMILES string of the molecule is CCCCCCCCO[C@H]1O[C@H](CO[C@]2(C(=O)O)C[C@H](O)[C@@H](N=C(C)[O-])[C@H]([C@H](O)[C@H](O)CO)O2)[C@H](O)[C@H](O[C@@H]2O[C@H](CO)[C@H](O)[C@H](O)[C@H]2O)[C@H]1NC(C)=O.[Na+]. The molecule has 55 heavy (non-hydrogen) atoms. The summed E-state index contributed by atoms with van der Waals surface area (Å²) in [6.07, 6.45) is -18.5. The van der Waals surface area contributed by atoms with E-state index in [2.05, 4.69) is 17.2 Å². The van der Waals surface area contributed by atoms with E-state index < -0.39 is 142 Å². The van der Waals surface area contributed by atoms with Crippen molar-refractivity contribution >= 4 is 17.8 Å². The molecule has 0 aliphatic carbocycles. The number of rotatable bonds is 20. The van der Waals surface area contributed by atoms with Crippen LogP contribution in [0.2, 0.25) is 0 Å². The van der Waals surface area contributed by atoms with Crippen molar-refractivity contribution in [3.05, 3.63) is 0 Å². The molecule has 0 saturated carbocycles. The number of aliphatic hydroxyl groups is 9. The molecular weight excluding hydrogens is 751 g/mol. The molecule has 0 radical (unpaired) electrons. The van der Waals surface area contributed by atoms with Crippen molar-refractivity contribution in [3.63, 3.8) is 0 Å². The van der Waals surface area contributed by atoms with E-state index >= 15 is 0 Å². The summed E-state index contributed by atoms with van der Waals surface area (Å²) in [5, 5.41) is 119. The predicted molar refractivity (Wildman–Crippen MR) is 178 cm³/mol. The molecule has 11 N–H and O–H groups in total. The maximum absolute atomic E-state index is 12.7. The number of nitrogens with zero attached hydrogens (tertiary/aromatic N) is 1. The quantitative estimate of drug-likeness (QED) is 0.0235. The Hall–Kier alpha value is -1.19. The maximum atomic E-state index is 12.7. The molecule has 0 aromatic carbocycles. The number of hydrogen-bond acceptors (Lipinski definition) is 19. The molecule has 3 fully saturated rings. The molecule has 3 rings (SSSR count). The van der Waals surface area contributed by atoms with E-state index in [1.807, 2.05) is 0 Å². The fourth-order valence-electron chi connectivity index (χ4n) is 6.59. The molecule has 0 bridgehead atoms. The first-order chi connectivity index (χ1) is 25.5. The van der Waals surface area contributed by atoms with E-state index in [0.717, 1.165) is 46.0 Å². The first-order valence-electron chi connectivity index (χ1n) is 18.1. The number of aliphatic hydroxyl groups excluding tert-OH is 9. The molecule has 16 atom stereocenters. The van der Waals surface area contributed by atoms with Gasteiger partial charge in [-0.1, -0.05) is 39.0 Å². The Bertz CT molecular complexity index is 1200. The topological polar surface area (TPSA) is 339 Å². The Kier molecular flexibility index (Phi) is 21.3. The van der Waals surface area contributed by atoms with E-state index in [1.54, 1.807) is 0 Å². The Morgan fingerprint density at radius 1 is 0.927 bits per heavy atom. The van der Waals surface area contributed by atoms with Gasteiger partial charge in [-0.15, -0.1) is 0 Å². The molecule has 21 nitrogen and oxygen atoms in total. The number of hydrogen-bond donors (Lipinski definition) is 11. The largest absolute Gasteiger partial charge is 1.00 e. The third-order valence-electron chi connectivity index (χ3n) is 9.55. The van der Waals surface area contributed by atoms with Crippen molar-refractivity contribution in [2.45, 2.75) is 163 Å². The van der Waals surface area contributed by atoms with Crippen LogP contribution in [0.3, 0.4) is 0 Å². The van der Waals surface area contributed by atoms with Crippen LogP contribution in [-0.4, -0.2) is 193 Å². The number of carboxylic acids is 1. The van der Waals surface area contributed by atoms with E-state index in [0.29, 0.717) is 6.42 Å². The molecule has 0 aromatic heterocycles. The minimum Gasteiger partial charge on any atom is -0.862 e. The van der Waals surface area contributed by atoms with Crippen LogP contribution in [0.4, 0.5) is 0 Å². The summed E-state index contributed by atoms with van der Waals surface area (Å²) in [6, 6.07) is -2.93. The van der Waals surface area contributed by atoms with Crippen LogP contribution >= 0.6 is 0 Å². The molecule has 0 aromatic rings. The van der Waals surface area contributed by atoms with Crippen molar-refractivity contribution in [1.82, 2.24) is 5.32 Å². The average Bonchev–Trinajstić information content (AvgIpc) is 3.12. The van der Waals surface area contributed by atoms with Gasteiger partial charge in [0.25, 0.3) is 5.79 Å². The summed E-state index contributed by atoms with van der Waals surface area (Å²) in [5.41, 5.74) is 0. The number of carboxylic acid groups (broad SMARTS) is 1. The Morgan fingerprint density at radius 2 is 1.56 bits per heavy atom. The standard InChI is InChI=1S/C33H58N2O19.Na/c1-4-5-6-7-8-9-10-49-30-22(35-16(3)39)28(53-31-27(46)26(45)24(43)19(13-37)51-31)25(44)20(52-30)14-50-33(32(47)48)11-17(40)21(34-15(2)38)29(54-33)23(42)18(41)12-36;/h17-31,36-37,40-46H,4-14H2,1-3H3,(H,34,38)(H,35,39)(H,47,48);/q;+1/p-1/t17-,18+,19+,20+,21+,22+,23+,24-,25-,26-,27+,28+,29+,30-,31-,33+;/m0./s1. The zero-order valence-electron chi connectivity index (χ0n) is 31.5. The second-order valence-electron chi connectivity index (χ2n) is 13.8. The summed E-state index contributed by atoms with van der Waals surface area (Å²) < 4.78 is 34.7. The van der Waals surface area contributed by atoms with Crippen LogP contribution in [0, 0.1) is 0 Å². The monoisotopic (exact) mass is 808 g/mol. The summed E-state index contributed by atoms with van der Waals surface area (Å²) in [5.74, 6) is -6.13. The Morgan fingerprint density at radius 3 is 2.15 bits per heavy atom. The van der Waals surface area contributed by atoms with Gasteiger partial charge < -0.3 is 89.9 Å². The van der Waals surface area contributed by atoms with E-state index in [-0.39, 0.29) is 36.2 Å². The number of aliphatic carboxylic acids is 1. The van der Waals surface area contributed by atoms with Crippen molar-refractivity contribution in [2.24, 2.45) is 4.99 Å². The molecule has 1 amide bonds. The van der Waals surface area contributed by atoms with E-state index in [4.69, 9.17) is 28.4 Å². The minimum absolute atomic E-state index is 0. The first-order valence-corrected chi connectivity index (χ1v) is 18.1. The summed E-state index contributed by atoms with van der Waals surface area (Å²) in [6.45, 7) is 1.66. The van der Waals surface area contributed by atoms with Gasteiger partial charge in [-0.3, -0.25) is 9.79 Å². The second kappa shape index (κ2) is 23.4. The van der Waals surface area contributed by atoms with Gasteiger partial charge in [0, 0.05) is 20.0 Å². The van der Waals surface area contributed by atoms with Crippen molar-refractivity contribution in [2.75, 3.05) is 26.4 Å². The fraction of sp³-hybridized carbons (Fsp3) is 0.909. The summed E-state index contributed by atoms with van der Waals surface area (Å²) >= 11 is 0. The number of ether oxygens (including phenoxy) is 6. The van der Waals surface area contributed by atoms with Crippen LogP contribution in [0.1, 0.15) is 65.7 Å². The molecule has 3 saturated heterocycles. The van der Waals surface area contributed by atoms with Crippen LogP contribution in [0.15, 0.2) is 4.99 Å². The summed E-state index contributed by atoms with van der Waals surface area (Å²) in [7, 11) is 0. The van der Waals surface area contributed by atoms with E-state index in [9.17, 15) is 65.8 Å². The smallest absolute Gasteiger partial charge is 0.862 e. The molecule has 22 heteroatoms. The van der Waals surface area contributed by atoms with Crippen LogP contribution < -0.4 is 40.0 Å². The van der Waals surface area contributed by atoms with Gasteiger partial charge in [-0.25, -0.2) is 4.79 Å². The number of carbonyl (C=O) groups is 2. The van der Waals surface area contributed by atoms with Gasteiger partial charge in [-0.2, -0.15) is 0 Å². The molecule has 3 heterocycles. The third-order valence-corrected chi connectivity index (χ3v) is 9.55. The third kappa shape index (κ3) is 13.2. The van der Waals surface area contributed by atoms with Gasteiger partial charge >= 0.3 is 35.5 Å². The van der Waals surface area contributed by atoms with Crippen molar-refractivity contribution < 1.29 is 124 Å². The molecule has 0 unspecified atom stereocenters. The molecule has 0 spiro atoms. The Labute approximate surface area is 340 Å². The van der Waals surface area contributed by atoms with Gasteiger partial charge in [0.2, 0.25) is 5.91 Å². The second-order valence-corrected chi connectivity index (χ2v) is 13.8. The number of aliphatic imine (C=N–C) groups is 1. The van der Waals surface area contributed by atoms with Gasteiger partial charge in [0.1, 0.15) is 73.1 Å². The number of unbranched alkanes of at least 4 members (excludes halogenated alkanes) is 5. The van der Waals surface area contributed by atoms with Gasteiger partial charge in [-0.05, 0) is 19.2 Å². The summed E-state index contributed by atoms with van der Waals surface area (Å²) in [4.78, 5) is 28.8. The maximum Gasteiger partial charge on any atom is 1.00 e. The molecule has 314 valence electrons. The average molecular weight is 809 g/mol. The van der Waals surface area contributed by atoms with Crippen molar-refractivity contribution in [3.8, 4) is 0 Å². The molecule has 3 aliphatic rings. The van der Waals surface area contributed by atoms with E-state index in [1.165, 1.54) is 0 Å². The zero-order chi connectivity index (χ0) is 40.3. The van der Waals surface area contributed by atoms with Crippen LogP contribution in [-0.2, 0) is 38.0 Å².